The van der Waals surface area contributed by atoms with Crippen LogP contribution in [-0.4, -0.2) is 5.75 Å². The molecule has 0 aliphatic carbocycles. The Morgan fingerprint density at radius 1 is 1.53 bits per heavy atom. The molecule has 1 unspecified atom stereocenters. The lowest BCUT2D eigenvalue weighted by atomic mass is 10.2. The maximum absolute atomic E-state index is 9.03. The van der Waals surface area contributed by atoms with Crippen LogP contribution in [-0.2, 0) is 0 Å². The minimum absolute atomic E-state index is 0.695. The number of thioether (sulfide) groups is 1. The number of hydrogen-bond acceptors (Lipinski definition) is 2. The zero-order chi connectivity index (χ0) is 11.3. The minimum Gasteiger partial charge on any atom is -0.192 e. The van der Waals surface area contributed by atoms with Gasteiger partial charge in [-0.3, -0.25) is 0 Å². The van der Waals surface area contributed by atoms with Crippen molar-refractivity contribution in [1.29, 1.82) is 5.26 Å². The maximum atomic E-state index is 9.03. The van der Waals surface area contributed by atoms with Gasteiger partial charge in [-0.25, -0.2) is 0 Å². The van der Waals surface area contributed by atoms with Crippen LogP contribution < -0.4 is 0 Å². The summed E-state index contributed by atoms with van der Waals surface area (Å²) >= 11 is 5.16. The minimum atomic E-state index is 0.695. The lowest BCUT2D eigenvalue weighted by Gasteiger charge is -2.09. The summed E-state index contributed by atoms with van der Waals surface area (Å²) in [5, 5.41) is 9.03. The van der Waals surface area contributed by atoms with Crippen molar-refractivity contribution < 1.29 is 0 Å². The zero-order valence-corrected chi connectivity index (χ0v) is 11.4. The summed E-state index contributed by atoms with van der Waals surface area (Å²) in [6.07, 6.45) is 1.18. The number of nitriles is 1. The van der Waals surface area contributed by atoms with Crippen LogP contribution in [0.25, 0.3) is 0 Å². The second-order valence-corrected chi connectivity index (χ2v) is 5.47. The smallest absolute Gasteiger partial charge is 0.101 e. The Balaban J connectivity index is 2.77. The number of benzene rings is 1. The Hall–Kier alpha value is -0.460. The molecule has 3 heteroatoms. The van der Waals surface area contributed by atoms with Gasteiger partial charge < -0.3 is 0 Å². The number of halogens is 1. The van der Waals surface area contributed by atoms with Gasteiger partial charge in [-0.05, 0) is 34.0 Å². The predicted octanol–water partition coefficient (Wildman–Crippen LogP) is 4.46. The number of nitrogens with zero attached hydrogens (tertiary/aromatic N) is 1. The summed E-state index contributed by atoms with van der Waals surface area (Å²) in [6, 6.07) is 8.13. The fourth-order valence-electron chi connectivity index (χ4n) is 1.08. The van der Waals surface area contributed by atoms with E-state index in [1.165, 1.54) is 6.42 Å². The standard InChI is InChI=1S/C12H14BrNS/c1-3-9(2)8-15-12-6-4-5-11(13)10(12)7-14/h4-6,9H,3,8H2,1-2H3. The van der Waals surface area contributed by atoms with E-state index in [2.05, 4.69) is 35.8 Å². The van der Waals surface area contributed by atoms with E-state index in [4.69, 9.17) is 5.26 Å². The van der Waals surface area contributed by atoms with E-state index in [9.17, 15) is 0 Å². The molecule has 1 nitrogen and oxygen atoms in total. The van der Waals surface area contributed by atoms with Gasteiger partial charge in [-0.2, -0.15) is 5.26 Å². The molecule has 1 aromatic rings. The van der Waals surface area contributed by atoms with Crippen molar-refractivity contribution in [3.8, 4) is 6.07 Å². The molecule has 15 heavy (non-hydrogen) atoms. The molecule has 0 fully saturated rings. The second kappa shape index (κ2) is 6.19. The van der Waals surface area contributed by atoms with Gasteiger partial charge >= 0.3 is 0 Å². The summed E-state index contributed by atoms with van der Waals surface area (Å²) in [6.45, 7) is 4.42. The van der Waals surface area contributed by atoms with Gasteiger partial charge in [-0.15, -0.1) is 11.8 Å². The lowest BCUT2D eigenvalue weighted by molar-refractivity contribution is 0.637. The van der Waals surface area contributed by atoms with Gasteiger partial charge in [0.25, 0.3) is 0 Å². The molecule has 0 saturated heterocycles. The summed E-state index contributed by atoms with van der Waals surface area (Å²) < 4.78 is 0.888. The molecule has 0 amide bonds. The molecule has 0 aliphatic rings. The van der Waals surface area contributed by atoms with Crippen LogP contribution in [0, 0.1) is 17.2 Å². The quantitative estimate of drug-likeness (QED) is 0.762. The normalized spacial score (nSPS) is 12.1. The van der Waals surface area contributed by atoms with Crippen LogP contribution >= 0.6 is 27.7 Å². The van der Waals surface area contributed by atoms with Gasteiger partial charge in [0.2, 0.25) is 0 Å². The van der Waals surface area contributed by atoms with Crippen molar-refractivity contribution in [2.24, 2.45) is 5.92 Å². The Kier molecular flexibility index (Phi) is 5.21. The van der Waals surface area contributed by atoms with Gasteiger partial charge in [0.1, 0.15) is 6.07 Å². The van der Waals surface area contributed by atoms with E-state index in [1.54, 1.807) is 11.8 Å². The Bertz CT molecular complexity index is 370. The Labute approximate surface area is 104 Å². The second-order valence-electron chi connectivity index (χ2n) is 3.55. The van der Waals surface area contributed by atoms with Crippen LogP contribution in [0.2, 0.25) is 0 Å². The van der Waals surface area contributed by atoms with Crippen molar-refractivity contribution in [3.63, 3.8) is 0 Å². The van der Waals surface area contributed by atoms with E-state index in [0.717, 1.165) is 20.7 Å². The summed E-state index contributed by atoms with van der Waals surface area (Å²) in [7, 11) is 0. The molecule has 0 saturated carbocycles. The molecule has 80 valence electrons. The maximum Gasteiger partial charge on any atom is 0.101 e. The van der Waals surface area contributed by atoms with Crippen molar-refractivity contribution in [2.45, 2.75) is 25.2 Å². The zero-order valence-electron chi connectivity index (χ0n) is 8.96. The topological polar surface area (TPSA) is 23.8 Å². The van der Waals surface area contributed by atoms with Crippen LogP contribution in [0.1, 0.15) is 25.8 Å². The molecule has 1 atom stereocenters. The highest BCUT2D eigenvalue weighted by molar-refractivity contribution is 9.10. The molecule has 0 heterocycles. The van der Waals surface area contributed by atoms with E-state index in [0.29, 0.717) is 5.92 Å². The SMILES string of the molecule is CCC(C)CSc1cccc(Br)c1C#N. The van der Waals surface area contributed by atoms with Gasteiger partial charge in [0.05, 0.1) is 5.56 Å². The Morgan fingerprint density at radius 3 is 2.87 bits per heavy atom. The van der Waals surface area contributed by atoms with Crippen LogP contribution in [0.15, 0.2) is 27.6 Å². The van der Waals surface area contributed by atoms with Crippen molar-refractivity contribution >= 4 is 27.7 Å². The first-order chi connectivity index (χ1) is 7.19. The average molecular weight is 284 g/mol. The number of hydrogen-bond donors (Lipinski definition) is 0. The molecule has 0 radical (unpaired) electrons. The molecular weight excluding hydrogens is 270 g/mol. The molecule has 0 N–H and O–H groups in total. The molecular formula is C12H14BrNS. The Morgan fingerprint density at radius 2 is 2.27 bits per heavy atom. The highest BCUT2D eigenvalue weighted by Gasteiger charge is 2.07. The first-order valence-corrected chi connectivity index (χ1v) is 6.78. The predicted molar refractivity (Wildman–Crippen MR) is 69.0 cm³/mol. The fraction of sp³-hybridized carbons (Fsp3) is 0.417. The van der Waals surface area contributed by atoms with E-state index >= 15 is 0 Å². The van der Waals surface area contributed by atoms with E-state index in [-0.39, 0.29) is 0 Å². The molecule has 0 aliphatic heterocycles. The van der Waals surface area contributed by atoms with Crippen molar-refractivity contribution in [2.75, 3.05) is 5.75 Å². The molecule has 0 spiro atoms. The average Bonchev–Trinajstić information content (AvgIpc) is 2.25. The molecule has 1 aromatic carbocycles. The van der Waals surface area contributed by atoms with E-state index in [1.807, 2.05) is 18.2 Å². The number of rotatable bonds is 4. The summed E-state index contributed by atoms with van der Waals surface area (Å²) in [5.41, 5.74) is 0.755. The largest absolute Gasteiger partial charge is 0.192 e. The van der Waals surface area contributed by atoms with Gasteiger partial charge in [-0.1, -0.05) is 26.3 Å². The van der Waals surface area contributed by atoms with Crippen LogP contribution in [0.3, 0.4) is 0 Å². The third-order valence-electron chi connectivity index (χ3n) is 2.31. The van der Waals surface area contributed by atoms with Crippen molar-refractivity contribution in [1.82, 2.24) is 0 Å². The monoisotopic (exact) mass is 283 g/mol. The first-order valence-electron chi connectivity index (χ1n) is 5.00. The van der Waals surface area contributed by atoms with Crippen LogP contribution in [0.4, 0.5) is 0 Å². The molecule has 0 bridgehead atoms. The molecule has 1 rings (SSSR count). The summed E-state index contributed by atoms with van der Waals surface area (Å²) in [4.78, 5) is 1.08. The third-order valence-corrected chi connectivity index (χ3v) is 4.36. The van der Waals surface area contributed by atoms with Crippen LogP contribution in [0.5, 0.6) is 0 Å². The summed E-state index contributed by atoms with van der Waals surface area (Å²) in [5.74, 6) is 1.77. The first kappa shape index (κ1) is 12.6. The van der Waals surface area contributed by atoms with Gasteiger partial charge in [0, 0.05) is 15.1 Å². The van der Waals surface area contributed by atoms with Gasteiger partial charge in [0.15, 0.2) is 0 Å². The van der Waals surface area contributed by atoms with Crippen molar-refractivity contribution in [3.05, 3.63) is 28.2 Å². The lowest BCUT2D eigenvalue weighted by Crippen LogP contribution is -1.96. The fourth-order valence-corrected chi connectivity index (χ4v) is 2.84. The molecule has 0 aromatic heterocycles. The van der Waals surface area contributed by atoms with E-state index < -0.39 is 0 Å². The third kappa shape index (κ3) is 3.55. The highest BCUT2D eigenvalue weighted by atomic mass is 79.9. The highest BCUT2D eigenvalue weighted by Crippen LogP contribution is 2.29.